The molecule has 0 saturated carbocycles. The summed E-state index contributed by atoms with van der Waals surface area (Å²) in [5, 5.41) is 8.10. The highest BCUT2D eigenvalue weighted by molar-refractivity contribution is 5.85. The summed E-state index contributed by atoms with van der Waals surface area (Å²) in [6, 6.07) is 8.20. The molecule has 1 aliphatic heterocycles. The Balaban J connectivity index is 0.00000105. The van der Waals surface area contributed by atoms with E-state index < -0.39 is 0 Å². The molecule has 4 aromatic heterocycles. The molecular formula is C18H21Cl2N7. The lowest BCUT2D eigenvalue weighted by Crippen LogP contribution is -2.28. The minimum atomic E-state index is 0. The number of hydrogen-bond donors (Lipinski definition) is 1. The van der Waals surface area contributed by atoms with Gasteiger partial charge in [0.15, 0.2) is 5.82 Å². The minimum absolute atomic E-state index is 0. The summed E-state index contributed by atoms with van der Waals surface area (Å²) in [5.41, 5.74) is 4.35. The van der Waals surface area contributed by atoms with Crippen molar-refractivity contribution in [2.75, 3.05) is 6.54 Å². The number of imidazole rings is 2. The molecule has 4 aromatic rings. The number of pyridine rings is 1. The first-order valence-electron chi connectivity index (χ1n) is 8.58. The van der Waals surface area contributed by atoms with Gasteiger partial charge in [-0.15, -0.1) is 24.8 Å². The van der Waals surface area contributed by atoms with Crippen LogP contribution in [-0.2, 0) is 26.1 Å². The SMILES string of the molecule is Cl.Cl.c1ccn2c(CCn3ccnc3-c3cc4n(n3)CCNC4)cnc2c1. The van der Waals surface area contributed by atoms with Crippen LogP contribution in [-0.4, -0.2) is 35.3 Å². The predicted molar refractivity (Wildman–Crippen MR) is 109 cm³/mol. The van der Waals surface area contributed by atoms with E-state index in [1.165, 1.54) is 11.4 Å². The standard InChI is InChI=1S/C18H19N7.2ClH/c1-2-7-24-14(13-21-17(24)3-1)4-8-23-9-6-20-18(23)16-11-15-12-19-5-10-25(15)22-16;;/h1-3,6-7,9,11,13,19H,4-5,8,10,12H2;2*1H. The van der Waals surface area contributed by atoms with Gasteiger partial charge in [0.25, 0.3) is 0 Å². The highest BCUT2D eigenvalue weighted by atomic mass is 35.5. The Morgan fingerprint density at radius 1 is 1.11 bits per heavy atom. The molecule has 9 heteroatoms. The largest absolute Gasteiger partial charge is 0.329 e. The van der Waals surface area contributed by atoms with Crippen molar-refractivity contribution in [3.05, 3.63) is 60.4 Å². The first kappa shape index (κ1) is 19.4. The van der Waals surface area contributed by atoms with E-state index in [0.29, 0.717) is 0 Å². The van der Waals surface area contributed by atoms with E-state index in [0.717, 1.165) is 49.8 Å². The van der Waals surface area contributed by atoms with Crippen molar-refractivity contribution >= 4 is 30.5 Å². The predicted octanol–water partition coefficient (Wildman–Crippen LogP) is 2.58. The van der Waals surface area contributed by atoms with Gasteiger partial charge in [-0.25, -0.2) is 9.97 Å². The van der Waals surface area contributed by atoms with Crippen LogP contribution in [0.4, 0.5) is 0 Å². The highest BCUT2D eigenvalue weighted by Crippen LogP contribution is 2.19. The number of nitrogens with one attached hydrogen (secondary N) is 1. The summed E-state index contributed by atoms with van der Waals surface area (Å²) in [5.74, 6) is 0.927. The Kier molecular flexibility index (Phi) is 5.84. The highest BCUT2D eigenvalue weighted by Gasteiger charge is 2.16. The van der Waals surface area contributed by atoms with Crippen molar-refractivity contribution in [3.8, 4) is 11.5 Å². The Bertz CT molecular complexity index is 1010. The van der Waals surface area contributed by atoms with Crippen molar-refractivity contribution in [1.29, 1.82) is 0 Å². The smallest absolute Gasteiger partial charge is 0.160 e. The third-order valence-corrected chi connectivity index (χ3v) is 4.72. The molecule has 7 nitrogen and oxygen atoms in total. The van der Waals surface area contributed by atoms with Gasteiger partial charge >= 0.3 is 0 Å². The zero-order chi connectivity index (χ0) is 16.6. The lowest BCUT2D eigenvalue weighted by atomic mass is 10.3. The molecule has 142 valence electrons. The van der Waals surface area contributed by atoms with E-state index in [9.17, 15) is 0 Å². The molecule has 0 radical (unpaired) electrons. The van der Waals surface area contributed by atoms with Crippen LogP contribution in [0.2, 0.25) is 0 Å². The Morgan fingerprint density at radius 3 is 2.93 bits per heavy atom. The molecule has 0 spiro atoms. The second kappa shape index (κ2) is 8.12. The van der Waals surface area contributed by atoms with Gasteiger partial charge in [0, 0.05) is 56.5 Å². The van der Waals surface area contributed by atoms with Crippen LogP contribution in [0.15, 0.2) is 49.1 Å². The zero-order valence-electron chi connectivity index (χ0n) is 14.7. The molecular weight excluding hydrogens is 385 g/mol. The molecule has 1 aliphatic rings. The Morgan fingerprint density at radius 2 is 2.04 bits per heavy atom. The van der Waals surface area contributed by atoms with E-state index in [2.05, 4.69) is 41.2 Å². The van der Waals surface area contributed by atoms with Gasteiger partial charge in [0.1, 0.15) is 11.3 Å². The van der Waals surface area contributed by atoms with Gasteiger partial charge in [-0.05, 0) is 18.2 Å². The Labute approximate surface area is 169 Å². The number of aromatic nitrogens is 6. The summed E-state index contributed by atoms with van der Waals surface area (Å²) in [4.78, 5) is 9.00. The van der Waals surface area contributed by atoms with E-state index in [4.69, 9.17) is 5.10 Å². The van der Waals surface area contributed by atoms with Gasteiger partial charge in [0.2, 0.25) is 0 Å². The third kappa shape index (κ3) is 3.58. The fourth-order valence-electron chi connectivity index (χ4n) is 3.43. The van der Waals surface area contributed by atoms with Gasteiger partial charge in [-0.2, -0.15) is 5.10 Å². The van der Waals surface area contributed by atoms with Crippen molar-refractivity contribution in [2.45, 2.75) is 26.1 Å². The van der Waals surface area contributed by atoms with E-state index in [-0.39, 0.29) is 24.8 Å². The zero-order valence-corrected chi connectivity index (χ0v) is 16.3. The molecule has 5 rings (SSSR count). The summed E-state index contributed by atoms with van der Waals surface area (Å²) < 4.78 is 6.39. The van der Waals surface area contributed by atoms with Crippen molar-refractivity contribution in [2.24, 2.45) is 0 Å². The summed E-state index contributed by atoms with van der Waals surface area (Å²) in [6.45, 7) is 3.60. The topological polar surface area (TPSA) is 65.0 Å². The molecule has 0 amide bonds. The Hall–Kier alpha value is -2.35. The van der Waals surface area contributed by atoms with E-state index >= 15 is 0 Å². The quantitative estimate of drug-likeness (QED) is 0.566. The third-order valence-electron chi connectivity index (χ3n) is 4.72. The normalized spacial score (nSPS) is 13.0. The minimum Gasteiger partial charge on any atom is -0.329 e. The second-order valence-corrected chi connectivity index (χ2v) is 6.29. The summed E-state index contributed by atoms with van der Waals surface area (Å²) >= 11 is 0. The van der Waals surface area contributed by atoms with Crippen LogP contribution in [0, 0.1) is 0 Å². The number of hydrogen-bond acceptors (Lipinski definition) is 4. The molecule has 1 N–H and O–H groups in total. The number of fused-ring (bicyclic) bond motifs is 2. The maximum absolute atomic E-state index is 4.72. The lowest BCUT2D eigenvalue weighted by molar-refractivity contribution is 0.476. The first-order valence-corrected chi connectivity index (χ1v) is 8.58. The number of halogens is 2. The average molecular weight is 406 g/mol. The average Bonchev–Trinajstić information content (AvgIpc) is 3.37. The second-order valence-electron chi connectivity index (χ2n) is 6.29. The first-order chi connectivity index (χ1) is 12.4. The van der Waals surface area contributed by atoms with Crippen LogP contribution < -0.4 is 5.32 Å². The molecule has 27 heavy (non-hydrogen) atoms. The fourth-order valence-corrected chi connectivity index (χ4v) is 3.43. The van der Waals surface area contributed by atoms with Gasteiger partial charge in [-0.3, -0.25) is 4.68 Å². The molecule has 0 aromatic carbocycles. The number of aryl methyl sites for hydroxylation is 2. The van der Waals surface area contributed by atoms with E-state index in [1.54, 1.807) is 0 Å². The summed E-state index contributed by atoms with van der Waals surface area (Å²) in [7, 11) is 0. The van der Waals surface area contributed by atoms with Gasteiger partial charge in [0.05, 0.1) is 12.2 Å². The van der Waals surface area contributed by atoms with Crippen LogP contribution in [0.1, 0.15) is 11.4 Å². The molecule has 5 heterocycles. The molecule has 0 bridgehead atoms. The number of rotatable bonds is 4. The molecule has 0 aliphatic carbocycles. The molecule has 0 fully saturated rings. The summed E-state index contributed by atoms with van der Waals surface area (Å²) in [6.07, 6.45) is 8.77. The monoisotopic (exact) mass is 405 g/mol. The fraction of sp³-hybridized carbons (Fsp3) is 0.278. The maximum atomic E-state index is 4.72. The van der Waals surface area contributed by atoms with Crippen molar-refractivity contribution < 1.29 is 0 Å². The van der Waals surface area contributed by atoms with Gasteiger partial charge in [-0.1, -0.05) is 6.07 Å². The number of nitrogens with zero attached hydrogens (tertiary/aromatic N) is 6. The van der Waals surface area contributed by atoms with Gasteiger partial charge < -0.3 is 14.3 Å². The van der Waals surface area contributed by atoms with Crippen LogP contribution in [0.5, 0.6) is 0 Å². The van der Waals surface area contributed by atoms with Crippen LogP contribution in [0.25, 0.3) is 17.2 Å². The van der Waals surface area contributed by atoms with Crippen molar-refractivity contribution in [3.63, 3.8) is 0 Å². The van der Waals surface area contributed by atoms with Crippen LogP contribution in [0.3, 0.4) is 0 Å². The van der Waals surface area contributed by atoms with Crippen LogP contribution >= 0.6 is 24.8 Å². The molecule has 0 atom stereocenters. The molecule has 0 unspecified atom stereocenters. The lowest BCUT2D eigenvalue weighted by Gasteiger charge is -2.13. The molecule has 0 saturated heterocycles. The maximum Gasteiger partial charge on any atom is 0.160 e. The van der Waals surface area contributed by atoms with E-state index in [1.807, 2.05) is 36.8 Å². The van der Waals surface area contributed by atoms with Crippen molar-refractivity contribution in [1.82, 2.24) is 34.0 Å².